The topological polar surface area (TPSA) is 55.9 Å². The second kappa shape index (κ2) is 5.42. The van der Waals surface area contributed by atoms with Gasteiger partial charge in [0.25, 0.3) is 0 Å². The van der Waals surface area contributed by atoms with Gasteiger partial charge in [-0.1, -0.05) is 6.92 Å². The highest BCUT2D eigenvalue weighted by Crippen LogP contribution is 2.23. The summed E-state index contributed by atoms with van der Waals surface area (Å²) in [5, 5.41) is 0. The molecule has 1 heterocycles. The van der Waals surface area contributed by atoms with E-state index in [0.29, 0.717) is 0 Å². The average Bonchev–Trinajstić information content (AvgIpc) is 2.38. The van der Waals surface area contributed by atoms with Gasteiger partial charge in [-0.25, -0.2) is 0 Å². The van der Waals surface area contributed by atoms with Crippen LogP contribution in [-0.4, -0.2) is 15.8 Å². The highest BCUT2D eigenvalue weighted by atomic mass is 32.2. The number of benzene rings is 1. The number of aryl methyl sites for hydroxylation is 1. The molecule has 0 fully saturated rings. The first-order valence-corrected chi connectivity index (χ1v) is 7.33. The second-order valence-electron chi connectivity index (χ2n) is 4.05. The van der Waals surface area contributed by atoms with Gasteiger partial charge in [0.1, 0.15) is 6.26 Å². The normalized spacial score (nSPS) is 12.4. The first kappa shape index (κ1) is 12.9. The maximum atomic E-state index is 11.3. The molecule has 3 nitrogen and oxygen atoms in total. The van der Waals surface area contributed by atoms with Crippen LogP contribution >= 0.6 is 0 Å². The monoisotopic (exact) mass is 261 g/mol. The van der Waals surface area contributed by atoms with E-state index in [0.717, 1.165) is 28.1 Å². The van der Waals surface area contributed by atoms with Gasteiger partial charge >= 0.3 is 0 Å². The third kappa shape index (κ3) is 2.66. The van der Waals surface area contributed by atoms with Crippen LogP contribution in [0.2, 0.25) is 0 Å². The Hall–Kier alpha value is -1.52. The summed E-state index contributed by atoms with van der Waals surface area (Å²) in [6.07, 6.45) is 2.43. The molecule has 0 aliphatic carbocycles. The van der Waals surface area contributed by atoms with Crippen LogP contribution in [-0.2, 0) is 17.6 Å². The van der Waals surface area contributed by atoms with E-state index in [1.165, 1.54) is 6.07 Å². The molecule has 94 valence electrons. The zero-order chi connectivity index (χ0) is 13.1. The number of pyridine rings is 1. The van der Waals surface area contributed by atoms with Crippen molar-refractivity contribution in [3.05, 3.63) is 52.4 Å². The first-order valence-electron chi connectivity index (χ1n) is 5.78. The van der Waals surface area contributed by atoms with E-state index in [9.17, 15) is 9.35 Å². The van der Waals surface area contributed by atoms with Gasteiger partial charge < -0.3 is 9.54 Å². The Morgan fingerprint density at radius 1 is 1.17 bits per heavy atom. The molecular weight excluding hydrogens is 246 g/mol. The van der Waals surface area contributed by atoms with Crippen molar-refractivity contribution in [2.45, 2.75) is 18.2 Å². The van der Waals surface area contributed by atoms with E-state index >= 15 is 0 Å². The van der Waals surface area contributed by atoms with Crippen molar-refractivity contribution in [3.63, 3.8) is 0 Å². The molecule has 4 heteroatoms. The lowest BCUT2D eigenvalue weighted by atomic mass is 10.0. The Morgan fingerprint density at radius 2 is 1.83 bits per heavy atom. The lowest BCUT2D eigenvalue weighted by molar-refractivity contribution is 0.601. The van der Waals surface area contributed by atoms with Gasteiger partial charge in [-0.05, 0) is 53.5 Å². The molecule has 2 aromatic rings. The standard InChI is InChI=1S/C14H15NO2S/c1-3-13-12(8-9-14(16)15-13)10-4-6-11(7-5-10)18(2)17/h4-9H,3H2,1-2H3,(H,15,16). The minimum Gasteiger partial charge on any atom is -0.612 e. The number of rotatable bonds is 3. The predicted octanol–water partition coefficient (Wildman–Crippen LogP) is 2.34. The quantitative estimate of drug-likeness (QED) is 0.862. The van der Waals surface area contributed by atoms with E-state index in [1.54, 1.807) is 6.26 Å². The van der Waals surface area contributed by atoms with Crippen LogP contribution in [0.5, 0.6) is 0 Å². The Balaban J connectivity index is 2.45. The van der Waals surface area contributed by atoms with E-state index in [1.807, 2.05) is 37.3 Å². The van der Waals surface area contributed by atoms with Crippen molar-refractivity contribution in [2.75, 3.05) is 6.26 Å². The fourth-order valence-electron chi connectivity index (χ4n) is 1.89. The minimum atomic E-state index is -0.962. The Labute approximate surface area is 109 Å². The van der Waals surface area contributed by atoms with E-state index < -0.39 is 11.2 Å². The van der Waals surface area contributed by atoms with Gasteiger partial charge in [0.15, 0.2) is 4.90 Å². The fourth-order valence-corrected chi connectivity index (χ4v) is 2.41. The summed E-state index contributed by atoms with van der Waals surface area (Å²) in [5.41, 5.74) is 2.89. The molecule has 0 spiro atoms. The van der Waals surface area contributed by atoms with Crippen molar-refractivity contribution in [1.29, 1.82) is 0 Å². The fraction of sp³-hybridized carbons (Fsp3) is 0.214. The predicted molar refractivity (Wildman–Crippen MR) is 74.2 cm³/mol. The third-order valence-corrected chi connectivity index (χ3v) is 3.79. The summed E-state index contributed by atoms with van der Waals surface area (Å²) in [6.45, 7) is 2.00. The molecule has 0 saturated heterocycles. The maximum absolute atomic E-state index is 11.3. The van der Waals surface area contributed by atoms with Crippen molar-refractivity contribution in [2.24, 2.45) is 0 Å². The van der Waals surface area contributed by atoms with Crippen LogP contribution in [0.4, 0.5) is 0 Å². The summed E-state index contributed by atoms with van der Waals surface area (Å²) < 4.78 is 11.3. The van der Waals surface area contributed by atoms with Crippen molar-refractivity contribution in [3.8, 4) is 11.1 Å². The molecule has 0 saturated carbocycles. The number of nitrogens with one attached hydrogen (secondary N) is 1. The Kier molecular flexibility index (Phi) is 3.89. The number of aromatic nitrogens is 1. The molecule has 0 aliphatic rings. The number of aromatic amines is 1. The molecule has 0 aliphatic heterocycles. The number of hydrogen-bond donors (Lipinski definition) is 1. The van der Waals surface area contributed by atoms with Crippen LogP contribution in [0, 0.1) is 0 Å². The molecule has 18 heavy (non-hydrogen) atoms. The van der Waals surface area contributed by atoms with Crippen LogP contribution < -0.4 is 5.56 Å². The third-order valence-electron chi connectivity index (χ3n) is 2.85. The SMILES string of the molecule is CCc1[nH]c(=O)ccc1-c1ccc([S+](C)[O-])cc1. The lowest BCUT2D eigenvalue weighted by Gasteiger charge is -2.09. The molecule has 1 aromatic carbocycles. The van der Waals surface area contributed by atoms with Crippen LogP contribution in [0.25, 0.3) is 11.1 Å². The zero-order valence-corrected chi connectivity index (χ0v) is 11.2. The average molecular weight is 261 g/mol. The van der Waals surface area contributed by atoms with E-state index in [2.05, 4.69) is 4.98 Å². The molecule has 0 bridgehead atoms. The highest BCUT2D eigenvalue weighted by molar-refractivity contribution is 7.90. The van der Waals surface area contributed by atoms with Gasteiger partial charge in [-0.15, -0.1) is 0 Å². The highest BCUT2D eigenvalue weighted by Gasteiger charge is 2.07. The van der Waals surface area contributed by atoms with Crippen molar-refractivity contribution >= 4 is 11.2 Å². The second-order valence-corrected chi connectivity index (χ2v) is 5.43. The number of hydrogen-bond acceptors (Lipinski definition) is 2. The molecule has 0 radical (unpaired) electrons. The van der Waals surface area contributed by atoms with E-state index in [4.69, 9.17) is 0 Å². The van der Waals surface area contributed by atoms with E-state index in [-0.39, 0.29) is 5.56 Å². The molecule has 1 unspecified atom stereocenters. The van der Waals surface area contributed by atoms with Gasteiger partial charge in [-0.2, -0.15) is 0 Å². The maximum Gasteiger partial charge on any atom is 0.248 e. The van der Waals surface area contributed by atoms with Gasteiger partial charge in [0.05, 0.1) is 0 Å². The van der Waals surface area contributed by atoms with Crippen molar-refractivity contribution < 1.29 is 4.55 Å². The smallest absolute Gasteiger partial charge is 0.248 e. The van der Waals surface area contributed by atoms with Gasteiger partial charge in [0, 0.05) is 17.3 Å². The van der Waals surface area contributed by atoms with Gasteiger partial charge in [-0.3, -0.25) is 4.79 Å². The summed E-state index contributed by atoms with van der Waals surface area (Å²) in [4.78, 5) is 14.9. The molecule has 1 N–H and O–H groups in total. The van der Waals surface area contributed by atoms with Crippen LogP contribution in [0.3, 0.4) is 0 Å². The molecule has 0 amide bonds. The van der Waals surface area contributed by atoms with Crippen LogP contribution in [0.15, 0.2) is 46.1 Å². The summed E-state index contributed by atoms with van der Waals surface area (Å²) in [7, 11) is 0. The van der Waals surface area contributed by atoms with Gasteiger partial charge in [0.2, 0.25) is 5.56 Å². The summed E-state index contributed by atoms with van der Waals surface area (Å²) >= 11 is -0.962. The minimum absolute atomic E-state index is 0.0816. The largest absolute Gasteiger partial charge is 0.612 e. The van der Waals surface area contributed by atoms with Crippen molar-refractivity contribution in [1.82, 2.24) is 4.98 Å². The Bertz CT molecular complexity index is 587. The molecule has 1 atom stereocenters. The zero-order valence-electron chi connectivity index (χ0n) is 10.4. The summed E-state index contributed by atoms with van der Waals surface area (Å²) in [6, 6.07) is 10.9. The lowest BCUT2D eigenvalue weighted by Crippen LogP contribution is -2.07. The van der Waals surface area contributed by atoms with Crippen LogP contribution in [0.1, 0.15) is 12.6 Å². The molecular formula is C14H15NO2S. The Morgan fingerprint density at radius 3 is 2.39 bits per heavy atom. The summed E-state index contributed by atoms with van der Waals surface area (Å²) in [5.74, 6) is 0. The first-order chi connectivity index (χ1) is 8.61. The molecule has 1 aromatic heterocycles. The number of H-pyrrole nitrogens is 1. The molecule has 2 rings (SSSR count).